The fraction of sp³-hybridized carbons (Fsp3) is 0. The molecule has 0 bridgehead atoms. The van der Waals surface area contributed by atoms with Crippen molar-refractivity contribution in [1.82, 2.24) is 0 Å². The highest BCUT2D eigenvalue weighted by atomic mass is 32.1. The molecule has 2 heterocycles. The summed E-state index contributed by atoms with van der Waals surface area (Å²) in [7, 11) is 0. The van der Waals surface area contributed by atoms with Crippen LogP contribution in [0.4, 0.5) is 32.8 Å². The first kappa shape index (κ1) is 22.8. The topological polar surface area (TPSA) is 6.48 Å². The van der Waals surface area contributed by atoms with E-state index in [-0.39, 0.29) is 0 Å². The zero-order valence-electron chi connectivity index (χ0n) is 20.6. The van der Waals surface area contributed by atoms with Gasteiger partial charge in [0, 0.05) is 32.9 Å². The zero-order valence-corrected chi connectivity index (χ0v) is 22.2. The van der Waals surface area contributed by atoms with E-state index in [1.807, 2.05) is 0 Å². The predicted octanol–water partition coefficient (Wildman–Crippen LogP) is 11.1. The Morgan fingerprint density at radius 2 is 0.684 bits per heavy atom. The van der Waals surface area contributed by atoms with Gasteiger partial charge >= 0.3 is 0 Å². The Bertz CT molecular complexity index is 1620. The van der Waals surface area contributed by atoms with Crippen molar-refractivity contribution in [3.8, 4) is 0 Å². The van der Waals surface area contributed by atoms with E-state index >= 15 is 0 Å². The summed E-state index contributed by atoms with van der Waals surface area (Å²) in [4.78, 5) is 4.83. The van der Waals surface area contributed by atoms with E-state index in [0.29, 0.717) is 0 Å². The average molecular weight is 525 g/mol. The van der Waals surface area contributed by atoms with Gasteiger partial charge < -0.3 is 9.80 Å². The summed E-state index contributed by atoms with van der Waals surface area (Å²) in [5, 5.41) is 11.6. The van der Waals surface area contributed by atoms with Gasteiger partial charge in [-0.1, -0.05) is 84.9 Å². The number of anilines is 6. The van der Waals surface area contributed by atoms with Crippen molar-refractivity contribution in [2.24, 2.45) is 0 Å². The minimum absolute atomic E-state index is 1.15. The van der Waals surface area contributed by atoms with Gasteiger partial charge in [-0.05, 0) is 59.3 Å². The van der Waals surface area contributed by atoms with Crippen LogP contribution in [0.3, 0.4) is 0 Å². The molecule has 0 amide bonds. The molecule has 0 saturated heterocycles. The quantitative estimate of drug-likeness (QED) is 0.158. The monoisotopic (exact) mass is 524 g/mol. The van der Waals surface area contributed by atoms with Crippen molar-refractivity contribution in [2.75, 3.05) is 9.80 Å². The Hall–Kier alpha value is -4.38. The molecule has 182 valence electrons. The molecule has 0 aliphatic rings. The lowest BCUT2D eigenvalue weighted by atomic mass is 9.96. The second-order valence-corrected chi connectivity index (χ2v) is 10.9. The molecule has 0 atom stereocenters. The van der Waals surface area contributed by atoms with Crippen LogP contribution in [0.1, 0.15) is 0 Å². The Kier molecular flexibility index (Phi) is 5.89. The van der Waals surface area contributed by atoms with Gasteiger partial charge in [-0.25, -0.2) is 0 Å². The number of hydrogen-bond donors (Lipinski definition) is 0. The van der Waals surface area contributed by atoms with Crippen molar-refractivity contribution in [2.45, 2.75) is 0 Å². The molecule has 2 aromatic heterocycles. The standard InChI is InChI=1S/C34H24N2S2/c1-3-13-25(14-4-1)35(31-21-11-23-37-31)33-27-17-7-9-19-29(27)34(30-20-10-8-18-28(30)33)36(32-22-12-24-38-32)26-15-5-2-6-16-26/h1-24H. The van der Waals surface area contributed by atoms with Crippen molar-refractivity contribution in [3.63, 3.8) is 0 Å². The highest BCUT2D eigenvalue weighted by Gasteiger charge is 2.25. The minimum Gasteiger partial charge on any atom is -0.301 e. The fourth-order valence-electron chi connectivity index (χ4n) is 5.25. The Morgan fingerprint density at radius 1 is 0.342 bits per heavy atom. The number of fused-ring (bicyclic) bond motifs is 2. The molecule has 7 rings (SSSR count). The molecule has 7 aromatic rings. The molecule has 0 spiro atoms. The molecule has 0 fully saturated rings. The maximum atomic E-state index is 2.41. The van der Waals surface area contributed by atoms with Crippen LogP contribution in [0.25, 0.3) is 21.5 Å². The molecule has 0 radical (unpaired) electrons. The van der Waals surface area contributed by atoms with Crippen molar-refractivity contribution in [3.05, 3.63) is 144 Å². The lowest BCUT2D eigenvalue weighted by Crippen LogP contribution is -2.13. The summed E-state index contributed by atoms with van der Waals surface area (Å²) in [6.07, 6.45) is 0. The van der Waals surface area contributed by atoms with E-state index in [1.165, 1.54) is 42.9 Å². The summed E-state index contributed by atoms with van der Waals surface area (Å²) in [5.74, 6) is 0. The van der Waals surface area contributed by atoms with E-state index in [0.717, 1.165) is 11.4 Å². The second kappa shape index (κ2) is 9.82. The molecule has 0 saturated carbocycles. The van der Waals surface area contributed by atoms with Crippen LogP contribution in [-0.2, 0) is 0 Å². The van der Waals surface area contributed by atoms with Gasteiger partial charge in [-0.2, -0.15) is 0 Å². The summed E-state index contributed by atoms with van der Waals surface area (Å²) < 4.78 is 0. The SMILES string of the molecule is c1ccc(N(c2cccs2)c2c3ccccc3c(N(c3ccccc3)c3cccs3)c3ccccc23)cc1. The smallest absolute Gasteiger partial charge is 0.0999 e. The van der Waals surface area contributed by atoms with Crippen LogP contribution < -0.4 is 9.80 Å². The van der Waals surface area contributed by atoms with Crippen molar-refractivity contribution >= 4 is 77.0 Å². The molecular weight excluding hydrogens is 501 g/mol. The van der Waals surface area contributed by atoms with Gasteiger partial charge in [0.25, 0.3) is 0 Å². The maximum Gasteiger partial charge on any atom is 0.0999 e. The molecule has 38 heavy (non-hydrogen) atoms. The van der Waals surface area contributed by atoms with Crippen LogP contribution in [0.15, 0.2) is 144 Å². The van der Waals surface area contributed by atoms with Crippen molar-refractivity contribution in [1.29, 1.82) is 0 Å². The largest absolute Gasteiger partial charge is 0.301 e. The molecule has 0 aliphatic heterocycles. The number of thiophene rings is 2. The van der Waals surface area contributed by atoms with Gasteiger partial charge in [0.15, 0.2) is 0 Å². The summed E-state index contributed by atoms with van der Waals surface area (Å²) in [6.45, 7) is 0. The van der Waals surface area contributed by atoms with Crippen LogP contribution in [-0.4, -0.2) is 0 Å². The summed E-state index contributed by atoms with van der Waals surface area (Å²) >= 11 is 3.52. The van der Waals surface area contributed by atoms with Gasteiger partial charge in [-0.15, -0.1) is 22.7 Å². The number of para-hydroxylation sites is 2. The molecule has 5 aromatic carbocycles. The first-order chi connectivity index (χ1) is 18.9. The highest BCUT2D eigenvalue weighted by Crippen LogP contribution is 2.51. The average Bonchev–Trinajstić information content (AvgIpc) is 3.71. The number of rotatable bonds is 6. The first-order valence-electron chi connectivity index (χ1n) is 12.6. The molecular formula is C34H24N2S2. The number of benzene rings is 5. The van der Waals surface area contributed by atoms with Gasteiger partial charge in [0.1, 0.15) is 0 Å². The molecule has 2 nitrogen and oxygen atoms in total. The van der Waals surface area contributed by atoms with E-state index in [4.69, 9.17) is 0 Å². The predicted molar refractivity (Wildman–Crippen MR) is 167 cm³/mol. The summed E-state index contributed by atoms with van der Waals surface area (Å²) in [5.41, 5.74) is 4.70. The van der Waals surface area contributed by atoms with E-state index in [9.17, 15) is 0 Å². The van der Waals surface area contributed by atoms with Crippen LogP contribution in [0.5, 0.6) is 0 Å². The van der Waals surface area contributed by atoms with E-state index in [1.54, 1.807) is 22.7 Å². The maximum absolute atomic E-state index is 2.41. The molecule has 0 unspecified atom stereocenters. The third-order valence-corrected chi connectivity index (χ3v) is 8.51. The molecule has 4 heteroatoms. The second-order valence-electron chi connectivity index (χ2n) is 9.03. The third kappa shape index (κ3) is 3.86. The van der Waals surface area contributed by atoms with Crippen LogP contribution in [0, 0.1) is 0 Å². The fourth-order valence-corrected chi connectivity index (χ4v) is 6.76. The lowest BCUT2D eigenvalue weighted by Gasteiger charge is -2.31. The van der Waals surface area contributed by atoms with E-state index in [2.05, 4.69) is 154 Å². The Balaban J connectivity index is 1.62. The molecule has 0 aliphatic carbocycles. The van der Waals surface area contributed by atoms with Gasteiger partial charge in [-0.3, -0.25) is 0 Å². The van der Waals surface area contributed by atoms with Gasteiger partial charge in [0.2, 0.25) is 0 Å². The highest BCUT2D eigenvalue weighted by molar-refractivity contribution is 7.14. The van der Waals surface area contributed by atoms with Crippen molar-refractivity contribution < 1.29 is 0 Å². The Morgan fingerprint density at radius 3 is 1.00 bits per heavy atom. The molecule has 0 N–H and O–H groups in total. The normalized spacial score (nSPS) is 11.2. The zero-order chi connectivity index (χ0) is 25.3. The van der Waals surface area contributed by atoms with Crippen LogP contribution in [0.2, 0.25) is 0 Å². The Labute approximate surface area is 230 Å². The number of hydrogen-bond acceptors (Lipinski definition) is 4. The third-order valence-electron chi connectivity index (χ3n) is 6.80. The lowest BCUT2D eigenvalue weighted by molar-refractivity contribution is 1.33. The van der Waals surface area contributed by atoms with Crippen LogP contribution >= 0.6 is 22.7 Å². The first-order valence-corrected chi connectivity index (χ1v) is 14.4. The van der Waals surface area contributed by atoms with E-state index < -0.39 is 0 Å². The number of nitrogens with zero attached hydrogens (tertiary/aromatic N) is 2. The summed E-state index contributed by atoms with van der Waals surface area (Å²) in [6, 6.07) is 47.7. The minimum atomic E-state index is 1.15. The van der Waals surface area contributed by atoms with Gasteiger partial charge in [0.05, 0.1) is 21.4 Å².